The summed E-state index contributed by atoms with van der Waals surface area (Å²) in [4.78, 5) is 37.8. The fourth-order valence-corrected chi connectivity index (χ4v) is 4.00. The zero-order valence-corrected chi connectivity index (χ0v) is 24.5. The summed E-state index contributed by atoms with van der Waals surface area (Å²) in [5.41, 5.74) is 1.71. The van der Waals surface area contributed by atoms with Gasteiger partial charge < -0.3 is 33.2 Å². The molecule has 2 aromatic carbocycles. The molecule has 0 aromatic heterocycles. The number of methoxy groups -OCH3 is 2. The molecule has 10 nitrogen and oxygen atoms in total. The molecule has 1 heterocycles. The normalized spacial score (nSPS) is 25.5. The Morgan fingerprint density at radius 1 is 0.643 bits per heavy atom. The molecule has 10 heteroatoms. The lowest BCUT2D eigenvalue weighted by molar-refractivity contribution is -0.159. The monoisotopic (exact) mass is 582 g/mol. The zero-order chi connectivity index (χ0) is 30.5. The predicted octanol–water partition coefficient (Wildman–Crippen LogP) is 4.49. The van der Waals surface area contributed by atoms with Crippen LogP contribution >= 0.6 is 0 Å². The van der Waals surface area contributed by atoms with E-state index in [9.17, 15) is 14.4 Å². The minimum atomic E-state index is -0.772. The molecule has 0 aliphatic carbocycles. The van der Waals surface area contributed by atoms with Crippen molar-refractivity contribution in [2.45, 2.75) is 70.9 Å². The first kappa shape index (κ1) is 32.4. The number of rotatable bonds is 8. The maximum absolute atomic E-state index is 12.8. The Morgan fingerprint density at radius 3 is 1.52 bits per heavy atom. The third-order valence-corrected chi connectivity index (χ3v) is 6.36. The summed E-state index contributed by atoms with van der Waals surface area (Å²) in [6, 6.07) is 14.6. The van der Waals surface area contributed by atoms with Crippen LogP contribution in [0.25, 0.3) is 0 Å². The highest BCUT2D eigenvalue weighted by Crippen LogP contribution is 2.18. The van der Waals surface area contributed by atoms with Crippen molar-refractivity contribution < 1.29 is 47.5 Å². The second-order valence-electron chi connectivity index (χ2n) is 9.75. The molecule has 0 bridgehead atoms. The molecule has 1 aliphatic rings. The third kappa shape index (κ3) is 10.7. The summed E-state index contributed by atoms with van der Waals surface area (Å²) in [5.74, 6) is -0.499. The second-order valence-corrected chi connectivity index (χ2v) is 9.75. The molecule has 0 amide bonds. The molecule has 3 rings (SSSR count). The Hall–Kier alpha value is -4.15. The summed E-state index contributed by atoms with van der Waals surface area (Å²) in [6.07, 6.45) is 1.43. The van der Waals surface area contributed by atoms with Crippen LogP contribution in [0.15, 0.2) is 72.8 Å². The second kappa shape index (κ2) is 16.3. The Kier molecular flexibility index (Phi) is 12.6. The molecule has 5 atom stereocenters. The smallest absolute Gasteiger partial charge is 0.330 e. The molecular formula is C32H38O10. The number of hydrogen-bond acceptors (Lipinski definition) is 10. The van der Waals surface area contributed by atoms with Crippen LogP contribution in [0.5, 0.6) is 11.5 Å². The van der Waals surface area contributed by atoms with E-state index in [4.69, 9.17) is 33.2 Å². The summed E-state index contributed by atoms with van der Waals surface area (Å²) in [5, 5.41) is 0. The van der Waals surface area contributed by atoms with Gasteiger partial charge in [0.1, 0.15) is 42.0 Å². The standard InChI is InChI=1S/C32H38O10/c1-21-18-32(35)42-23(3)29(39-20-25-8-12-27(37-5)13-9-25)15-17-31(34)41-22(2)28(14-16-30(33)40-21)38-19-24-6-10-26(36-4)11-7-24/h6-17,21-23,28-29H,18-20H2,1-5H3/b16-14+,17-15+/t21-,22+,23+,28-,29-/m1/s1. The number of ether oxygens (including phenoxy) is 7. The Labute approximate surface area is 246 Å². The van der Waals surface area contributed by atoms with Gasteiger partial charge in [-0.25, -0.2) is 9.59 Å². The number of benzene rings is 2. The van der Waals surface area contributed by atoms with Crippen LogP contribution in [0.3, 0.4) is 0 Å². The van der Waals surface area contributed by atoms with E-state index in [1.165, 1.54) is 24.3 Å². The van der Waals surface area contributed by atoms with Crippen molar-refractivity contribution in [3.8, 4) is 11.5 Å². The maximum Gasteiger partial charge on any atom is 0.330 e. The first-order valence-electron chi connectivity index (χ1n) is 13.6. The third-order valence-electron chi connectivity index (χ3n) is 6.36. The topological polar surface area (TPSA) is 116 Å². The van der Waals surface area contributed by atoms with Crippen molar-refractivity contribution in [2.24, 2.45) is 0 Å². The summed E-state index contributed by atoms with van der Waals surface area (Å²) in [7, 11) is 3.16. The average molecular weight is 583 g/mol. The van der Waals surface area contributed by atoms with Crippen LogP contribution in [-0.2, 0) is 51.3 Å². The largest absolute Gasteiger partial charge is 0.497 e. The lowest BCUT2D eigenvalue weighted by Gasteiger charge is -2.24. The SMILES string of the molecule is COc1ccc(CO[C@@H]2/C=C/C(=O)O[C@H](C)CC(=O)O[C@@H](C)[C@H](OCc3ccc(OC)cc3)/C=C/C(=O)O[C@H]2C)cc1. The van der Waals surface area contributed by atoms with Gasteiger partial charge in [-0.15, -0.1) is 0 Å². The molecule has 0 unspecified atom stereocenters. The molecular weight excluding hydrogens is 544 g/mol. The quantitative estimate of drug-likeness (QED) is 0.326. The van der Waals surface area contributed by atoms with E-state index in [2.05, 4.69) is 0 Å². The maximum atomic E-state index is 12.8. The Bertz CT molecular complexity index is 1220. The van der Waals surface area contributed by atoms with Gasteiger partial charge in [-0.1, -0.05) is 24.3 Å². The van der Waals surface area contributed by atoms with E-state index in [1.807, 2.05) is 24.3 Å². The van der Waals surface area contributed by atoms with Gasteiger partial charge in [0.05, 0.1) is 33.9 Å². The fourth-order valence-electron chi connectivity index (χ4n) is 4.00. The molecule has 0 N–H and O–H groups in total. The minimum absolute atomic E-state index is 0.158. The van der Waals surface area contributed by atoms with Gasteiger partial charge in [0.25, 0.3) is 0 Å². The van der Waals surface area contributed by atoms with E-state index in [1.54, 1.807) is 59.3 Å². The van der Waals surface area contributed by atoms with Crippen LogP contribution in [0, 0.1) is 0 Å². The summed E-state index contributed by atoms with van der Waals surface area (Å²) < 4.78 is 38.8. The van der Waals surface area contributed by atoms with Gasteiger partial charge in [0, 0.05) is 12.2 Å². The van der Waals surface area contributed by atoms with E-state index < -0.39 is 48.4 Å². The van der Waals surface area contributed by atoms with Gasteiger partial charge in [-0.2, -0.15) is 0 Å². The van der Waals surface area contributed by atoms with Crippen molar-refractivity contribution >= 4 is 17.9 Å². The van der Waals surface area contributed by atoms with Crippen molar-refractivity contribution in [1.29, 1.82) is 0 Å². The zero-order valence-electron chi connectivity index (χ0n) is 24.5. The number of carbonyl (C=O) groups excluding carboxylic acids is 3. The minimum Gasteiger partial charge on any atom is -0.497 e. The van der Waals surface area contributed by atoms with Gasteiger partial charge in [0.2, 0.25) is 0 Å². The fraction of sp³-hybridized carbons (Fsp3) is 0.406. The molecule has 2 aromatic rings. The molecule has 42 heavy (non-hydrogen) atoms. The highest BCUT2D eigenvalue weighted by molar-refractivity contribution is 5.83. The summed E-state index contributed by atoms with van der Waals surface area (Å²) in [6.45, 7) is 5.29. The van der Waals surface area contributed by atoms with E-state index in [0.717, 1.165) is 11.1 Å². The Morgan fingerprint density at radius 2 is 1.07 bits per heavy atom. The van der Waals surface area contributed by atoms with Gasteiger partial charge in [0.15, 0.2) is 0 Å². The molecule has 0 saturated carbocycles. The first-order chi connectivity index (χ1) is 20.2. The van der Waals surface area contributed by atoms with Gasteiger partial charge in [-0.3, -0.25) is 4.79 Å². The molecule has 1 aliphatic heterocycles. The highest BCUT2D eigenvalue weighted by atomic mass is 16.6. The van der Waals surface area contributed by atoms with Gasteiger partial charge >= 0.3 is 17.9 Å². The van der Waals surface area contributed by atoms with Crippen molar-refractivity contribution in [1.82, 2.24) is 0 Å². The van der Waals surface area contributed by atoms with Crippen LogP contribution in [0.2, 0.25) is 0 Å². The number of hydrogen-bond donors (Lipinski definition) is 0. The van der Waals surface area contributed by atoms with E-state index in [0.29, 0.717) is 11.5 Å². The van der Waals surface area contributed by atoms with E-state index >= 15 is 0 Å². The molecule has 226 valence electrons. The lowest BCUT2D eigenvalue weighted by atomic mass is 10.1. The molecule has 0 fully saturated rings. The molecule has 0 radical (unpaired) electrons. The van der Waals surface area contributed by atoms with Crippen LogP contribution in [0.4, 0.5) is 0 Å². The van der Waals surface area contributed by atoms with Crippen molar-refractivity contribution in [3.63, 3.8) is 0 Å². The van der Waals surface area contributed by atoms with E-state index in [-0.39, 0.29) is 19.6 Å². The average Bonchev–Trinajstić information content (AvgIpc) is 2.96. The predicted molar refractivity (Wildman–Crippen MR) is 153 cm³/mol. The molecule has 0 spiro atoms. The number of cyclic esters (lactones) is 3. The molecule has 0 saturated heterocycles. The van der Waals surface area contributed by atoms with Crippen molar-refractivity contribution in [2.75, 3.05) is 14.2 Å². The first-order valence-corrected chi connectivity index (χ1v) is 13.6. The lowest BCUT2D eigenvalue weighted by Crippen LogP contribution is -2.32. The van der Waals surface area contributed by atoms with Crippen LogP contribution in [0.1, 0.15) is 38.3 Å². The van der Waals surface area contributed by atoms with Crippen LogP contribution < -0.4 is 9.47 Å². The number of carbonyl (C=O) groups is 3. The summed E-state index contributed by atoms with van der Waals surface area (Å²) >= 11 is 0. The number of esters is 3. The highest BCUT2D eigenvalue weighted by Gasteiger charge is 2.24. The Balaban J connectivity index is 1.76. The van der Waals surface area contributed by atoms with Gasteiger partial charge in [-0.05, 0) is 68.3 Å². The van der Waals surface area contributed by atoms with Crippen molar-refractivity contribution in [3.05, 3.63) is 84.0 Å². The van der Waals surface area contributed by atoms with Crippen LogP contribution in [-0.4, -0.2) is 62.6 Å².